The van der Waals surface area contributed by atoms with Gasteiger partial charge < -0.3 is 10.2 Å². The molecule has 0 aromatic carbocycles. The van der Waals surface area contributed by atoms with Crippen molar-refractivity contribution in [1.82, 2.24) is 0 Å². The lowest BCUT2D eigenvalue weighted by molar-refractivity contribution is -0.127. The first-order valence-electron chi connectivity index (χ1n) is 6.27. The van der Waals surface area contributed by atoms with E-state index in [9.17, 15) is 8.78 Å². The van der Waals surface area contributed by atoms with Crippen LogP contribution in [0.4, 0.5) is 8.78 Å². The van der Waals surface area contributed by atoms with Gasteiger partial charge in [0.25, 0.3) is 5.92 Å². The first-order valence-corrected chi connectivity index (χ1v) is 9.18. The van der Waals surface area contributed by atoms with Gasteiger partial charge in [0.15, 0.2) is 8.32 Å². The largest absolute Gasteiger partial charge is 0.408 e. The van der Waals surface area contributed by atoms with Gasteiger partial charge in [0.05, 0.1) is 0 Å². The summed E-state index contributed by atoms with van der Waals surface area (Å²) in [7, 11) is -2.15. The lowest BCUT2D eigenvalue weighted by Gasteiger charge is -2.43. The molecule has 0 spiro atoms. The summed E-state index contributed by atoms with van der Waals surface area (Å²) in [4.78, 5) is 0. The fourth-order valence-corrected chi connectivity index (χ4v) is 3.10. The molecule has 2 N–H and O–H groups in total. The highest BCUT2D eigenvalue weighted by Gasteiger charge is 2.49. The summed E-state index contributed by atoms with van der Waals surface area (Å²) in [6.45, 7) is 10.2. The normalized spacial score (nSPS) is 30.4. The van der Waals surface area contributed by atoms with Gasteiger partial charge in [0, 0.05) is 12.5 Å². The van der Waals surface area contributed by atoms with E-state index in [0.29, 0.717) is 6.42 Å². The van der Waals surface area contributed by atoms with E-state index in [1.54, 1.807) is 0 Å². The average Bonchev–Trinajstić information content (AvgIpc) is 2.10. The first-order chi connectivity index (χ1) is 7.46. The van der Waals surface area contributed by atoms with Crippen molar-refractivity contribution in [3.05, 3.63) is 0 Å². The maximum Gasteiger partial charge on any atom is 0.272 e. The molecular weight excluding hydrogens is 240 g/mol. The molecular formula is C12H25F2NOSi. The average molecular weight is 265 g/mol. The van der Waals surface area contributed by atoms with E-state index in [4.69, 9.17) is 10.2 Å². The number of rotatable bonds is 2. The minimum absolute atomic E-state index is 0.0510. The highest BCUT2D eigenvalue weighted by atomic mass is 28.4. The molecule has 0 aromatic rings. The molecule has 5 heteroatoms. The van der Waals surface area contributed by atoms with E-state index >= 15 is 0 Å². The van der Waals surface area contributed by atoms with Gasteiger partial charge in [-0.2, -0.15) is 0 Å². The summed E-state index contributed by atoms with van der Waals surface area (Å²) < 4.78 is 33.4. The van der Waals surface area contributed by atoms with E-state index in [2.05, 4.69) is 20.8 Å². The highest BCUT2D eigenvalue weighted by molar-refractivity contribution is 6.74. The zero-order valence-electron chi connectivity index (χ0n) is 11.5. The van der Waals surface area contributed by atoms with Crippen LogP contribution in [0.15, 0.2) is 0 Å². The van der Waals surface area contributed by atoms with Crippen LogP contribution >= 0.6 is 0 Å². The van der Waals surface area contributed by atoms with E-state index in [1.165, 1.54) is 0 Å². The zero-order chi connectivity index (χ0) is 13.5. The van der Waals surface area contributed by atoms with Crippen molar-refractivity contribution in [1.29, 1.82) is 0 Å². The standard InChI is InChI=1S/C12H25F2NOSi/c1-11(2,3)17(4,5)16-10-8-9(15)6-7-12(10,13)14/h9-10H,6-8,15H2,1-5H3. The molecule has 1 aliphatic rings. The van der Waals surface area contributed by atoms with Crippen LogP contribution in [-0.4, -0.2) is 26.4 Å². The molecule has 2 unspecified atom stereocenters. The van der Waals surface area contributed by atoms with Gasteiger partial charge in [-0.15, -0.1) is 0 Å². The number of nitrogens with two attached hydrogens (primary N) is 1. The second-order valence-corrected chi connectivity index (χ2v) is 11.4. The van der Waals surface area contributed by atoms with E-state index in [-0.39, 0.29) is 23.9 Å². The molecule has 1 aliphatic carbocycles. The quantitative estimate of drug-likeness (QED) is 0.775. The van der Waals surface area contributed by atoms with Crippen LogP contribution in [0.5, 0.6) is 0 Å². The van der Waals surface area contributed by atoms with Crippen molar-refractivity contribution < 1.29 is 13.2 Å². The van der Waals surface area contributed by atoms with Crippen LogP contribution in [0.3, 0.4) is 0 Å². The maximum atomic E-state index is 13.8. The lowest BCUT2D eigenvalue weighted by Crippen LogP contribution is -2.53. The molecule has 1 saturated carbocycles. The Balaban J connectivity index is 2.78. The van der Waals surface area contributed by atoms with E-state index < -0.39 is 20.3 Å². The molecule has 0 bridgehead atoms. The van der Waals surface area contributed by atoms with Gasteiger partial charge in [0.2, 0.25) is 0 Å². The zero-order valence-corrected chi connectivity index (χ0v) is 12.5. The Labute approximate surface area is 104 Å². The summed E-state index contributed by atoms with van der Waals surface area (Å²) in [5.41, 5.74) is 5.78. The molecule has 0 aromatic heterocycles. The molecule has 0 radical (unpaired) electrons. The van der Waals surface area contributed by atoms with Crippen molar-refractivity contribution in [3.8, 4) is 0 Å². The second kappa shape index (κ2) is 4.59. The Bertz CT molecular complexity index is 276. The lowest BCUT2D eigenvalue weighted by atomic mass is 9.90. The number of hydrogen-bond acceptors (Lipinski definition) is 2. The first kappa shape index (κ1) is 15.1. The molecule has 0 saturated heterocycles. The Hall–Kier alpha value is -0.00312. The highest BCUT2D eigenvalue weighted by Crippen LogP contribution is 2.42. The SMILES string of the molecule is CC(C)(C)[Si](C)(C)OC1CC(N)CCC1(F)F. The van der Waals surface area contributed by atoms with Gasteiger partial charge in [-0.25, -0.2) is 8.78 Å². The fraction of sp³-hybridized carbons (Fsp3) is 1.00. The number of alkyl halides is 2. The molecule has 102 valence electrons. The van der Waals surface area contributed by atoms with Gasteiger partial charge in [-0.1, -0.05) is 20.8 Å². The monoisotopic (exact) mass is 265 g/mol. The third-order valence-corrected chi connectivity index (χ3v) is 8.57. The topological polar surface area (TPSA) is 35.2 Å². The van der Waals surface area contributed by atoms with Crippen LogP contribution in [0.1, 0.15) is 40.0 Å². The van der Waals surface area contributed by atoms with Gasteiger partial charge >= 0.3 is 0 Å². The summed E-state index contributed by atoms with van der Waals surface area (Å²) in [5.74, 6) is -2.72. The fourth-order valence-electron chi connectivity index (χ4n) is 1.77. The van der Waals surface area contributed by atoms with Crippen molar-refractivity contribution in [3.63, 3.8) is 0 Å². The Morgan fingerprint density at radius 2 is 1.82 bits per heavy atom. The van der Waals surface area contributed by atoms with Crippen LogP contribution in [-0.2, 0) is 4.43 Å². The van der Waals surface area contributed by atoms with Crippen LogP contribution < -0.4 is 5.73 Å². The van der Waals surface area contributed by atoms with Crippen LogP contribution in [0, 0.1) is 0 Å². The Morgan fingerprint density at radius 3 is 2.29 bits per heavy atom. The molecule has 0 amide bonds. The molecule has 0 heterocycles. The van der Waals surface area contributed by atoms with Crippen molar-refractivity contribution >= 4 is 8.32 Å². The van der Waals surface area contributed by atoms with Gasteiger partial charge in [-0.3, -0.25) is 0 Å². The Kier molecular flexibility index (Phi) is 4.07. The molecule has 2 atom stereocenters. The van der Waals surface area contributed by atoms with Crippen molar-refractivity contribution in [2.45, 2.75) is 76.2 Å². The second-order valence-electron chi connectivity index (χ2n) is 6.66. The summed E-state index contributed by atoms with van der Waals surface area (Å²) >= 11 is 0. The molecule has 1 rings (SSSR count). The molecule has 2 nitrogen and oxygen atoms in total. The minimum atomic E-state index is -2.72. The summed E-state index contributed by atoms with van der Waals surface area (Å²) in [5, 5.41) is -0.0510. The molecule has 1 fully saturated rings. The van der Waals surface area contributed by atoms with Crippen LogP contribution in [0.2, 0.25) is 18.1 Å². The predicted molar refractivity (Wildman–Crippen MR) is 68.8 cm³/mol. The third-order valence-electron chi connectivity index (χ3n) is 4.08. The van der Waals surface area contributed by atoms with Crippen molar-refractivity contribution in [2.24, 2.45) is 5.73 Å². The summed E-state index contributed by atoms with van der Waals surface area (Å²) in [6.07, 6.45) is -0.468. The van der Waals surface area contributed by atoms with Crippen molar-refractivity contribution in [2.75, 3.05) is 0 Å². The van der Waals surface area contributed by atoms with Gasteiger partial charge in [-0.05, 0) is 31.0 Å². The van der Waals surface area contributed by atoms with E-state index in [1.807, 2.05) is 13.1 Å². The molecule has 17 heavy (non-hydrogen) atoms. The summed E-state index contributed by atoms with van der Waals surface area (Å²) in [6, 6.07) is -0.149. The third kappa shape index (κ3) is 3.48. The van der Waals surface area contributed by atoms with Crippen LogP contribution in [0.25, 0.3) is 0 Å². The minimum Gasteiger partial charge on any atom is -0.408 e. The number of hydrogen-bond donors (Lipinski definition) is 1. The number of halogens is 2. The smallest absolute Gasteiger partial charge is 0.272 e. The maximum absolute atomic E-state index is 13.8. The predicted octanol–water partition coefficient (Wildman–Crippen LogP) is 3.52. The Morgan fingerprint density at radius 1 is 1.29 bits per heavy atom. The van der Waals surface area contributed by atoms with Gasteiger partial charge in [0.1, 0.15) is 6.10 Å². The molecule has 0 aliphatic heterocycles. The van der Waals surface area contributed by atoms with E-state index in [0.717, 1.165) is 0 Å².